The second kappa shape index (κ2) is 5.77. The third kappa shape index (κ3) is 2.96. The van der Waals surface area contributed by atoms with Gasteiger partial charge in [-0.3, -0.25) is 4.72 Å². The summed E-state index contributed by atoms with van der Waals surface area (Å²) in [6, 6.07) is 4.00. The van der Waals surface area contributed by atoms with Gasteiger partial charge < -0.3 is 9.52 Å². The van der Waals surface area contributed by atoms with Crippen LogP contribution in [0.25, 0.3) is 5.82 Å². The third-order valence-corrected chi connectivity index (χ3v) is 4.51. The summed E-state index contributed by atoms with van der Waals surface area (Å²) in [6.45, 7) is 1.37. The highest BCUT2D eigenvalue weighted by atomic mass is 32.2. The average molecular weight is 349 g/mol. The zero-order valence-corrected chi connectivity index (χ0v) is 13.1. The number of hydrogen-bond acceptors (Lipinski definition) is 7. The van der Waals surface area contributed by atoms with Crippen LogP contribution in [0.4, 0.5) is 5.69 Å². The molecular formula is C13H11N5O5S. The van der Waals surface area contributed by atoms with Gasteiger partial charge in [-0.25, -0.2) is 27.9 Å². The number of sulfonamides is 1. The van der Waals surface area contributed by atoms with Crippen molar-refractivity contribution in [1.29, 1.82) is 0 Å². The zero-order chi connectivity index (χ0) is 17.3. The van der Waals surface area contributed by atoms with Gasteiger partial charge in [0.2, 0.25) is 5.76 Å². The number of hydrogen-bond donors (Lipinski definition) is 2. The van der Waals surface area contributed by atoms with Crippen molar-refractivity contribution in [1.82, 2.24) is 19.7 Å². The van der Waals surface area contributed by atoms with Crippen LogP contribution in [0.1, 0.15) is 16.3 Å². The predicted molar refractivity (Wildman–Crippen MR) is 80.4 cm³/mol. The fraction of sp³-hybridized carbons (Fsp3) is 0.0769. The van der Waals surface area contributed by atoms with Crippen molar-refractivity contribution in [3.05, 3.63) is 48.6 Å². The molecule has 0 amide bonds. The molecule has 0 aliphatic carbocycles. The van der Waals surface area contributed by atoms with Gasteiger partial charge in [-0.2, -0.15) is 5.10 Å². The summed E-state index contributed by atoms with van der Waals surface area (Å²) in [7, 11) is -4.01. The number of aromatic nitrogens is 4. The van der Waals surface area contributed by atoms with Gasteiger partial charge in [0.15, 0.2) is 5.82 Å². The number of carboxylic acids is 1. The SMILES string of the molecule is Cc1oc(C(=O)O)cc1S(=O)(=O)Nc1ccc(-n2cncn2)nc1. The summed E-state index contributed by atoms with van der Waals surface area (Å²) in [5, 5.41) is 12.8. The highest BCUT2D eigenvalue weighted by molar-refractivity contribution is 7.92. The van der Waals surface area contributed by atoms with E-state index in [0.717, 1.165) is 6.07 Å². The van der Waals surface area contributed by atoms with E-state index in [4.69, 9.17) is 9.52 Å². The molecule has 0 fully saturated rings. The van der Waals surface area contributed by atoms with Crippen molar-refractivity contribution < 1.29 is 22.7 Å². The van der Waals surface area contributed by atoms with Crippen LogP contribution in [0.2, 0.25) is 0 Å². The summed E-state index contributed by atoms with van der Waals surface area (Å²) in [5.74, 6) is -1.36. The van der Waals surface area contributed by atoms with Crippen LogP contribution in [0.3, 0.4) is 0 Å². The van der Waals surface area contributed by atoms with Gasteiger partial charge in [-0.1, -0.05) is 0 Å². The number of nitrogens with one attached hydrogen (secondary N) is 1. The monoisotopic (exact) mass is 349 g/mol. The maximum absolute atomic E-state index is 12.4. The summed E-state index contributed by atoms with van der Waals surface area (Å²) in [4.78, 5) is 18.5. The van der Waals surface area contributed by atoms with Gasteiger partial charge in [-0.15, -0.1) is 0 Å². The highest BCUT2D eigenvalue weighted by Crippen LogP contribution is 2.23. The van der Waals surface area contributed by atoms with Gasteiger partial charge in [0.25, 0.3) is 10.0 Å². The van der Waals surface area contributed by atoms with Crippen molar-refractivity contribution in [2.75, 3.05) is 4.72 Å². The molecule has 3 aromatic rings. The molecule has 0 unspecified atom stereocenters. The molecule has 0 aliphatic heterocycles. The minimum Gasteiger partial charge on any atom is -0.475 e. The lowest BCUT2D eigenvalue weighted by atomic mass is 10.4. The summed E-state index contributed by atoms with van der Waals surface area (Å²) < 4.78 is 33.3. The molecule has 3 aromatic heterocycles. The molecule has 0 aromatic carbocycles. The Bertz CT molecular complexity index is 976. The van der Waals surface area contributed by atoms with Gasteiger partial charge in [0.05, 0.1) is 11.9 Å². The number of rotatable bonds is 5. The molecule has 0 atom stereocenters. The molecule has 0 saturated carbocycles. The molecule has 24 heavy (non-hydrogen) atoms. The van der Waals surface area contributed by atoms with Gasteiger partial charge in [-0.05, 0) is 19.1 Å². The lowest BCUT2D eigenvalue weighted by Gasteiger charge is -2.07. The van der Waals surface area contributed by atoms with Gasteiger partial charge in [0, 0.05) is 6.07 Å². The molecule has 10 nitrogen and oxygen atoms in total. The van der Waals surface area contributed by atoms with E-state index in [9.17, 15) is 13.2 Å². The van der Waals surface area contributed by atoms with E-state index < -0.39 is 21.8 Å². The second-order valence-electron chi connectivity index (χ2n) is 4.69. The first-order valence-electron chi connectivity index (χ1n) is 6.54. The molecule has 124 valence electrons. The number of aromatic carboxylic acids is 1. The summed E-state index contributed by atoms with van der Waals surface area (Å²) in [5.41, 5.74) is 0.205. The van der Waals surface area contributed by atoms with E-state index in [-0.39, 0.29) is 16.3 Å². The number of nitrogens with zero attached hydrogens (tertiary/aromatic N) is 4. The number of pyridine rings is 1. The average Bonchev–Trinajstić information content (AvgIpc) is 3.17. The van der Waals surface area contributed by atoms with Crippen molar-refractivity contribution >= 4 is 21.7 Å². The number of anilines is 1. The molecule has 0 aliphatic rings. The van der Waals surface area contributed by atoms with Crippen molar-refractivity contribution in [3.63, 3.8) is 0 Å². The predicted octanol–water partition coefficient (Wildman–Crippen LogP) is 1.06. The van der Waals surface area contributed by atoms with E-state index in [1.807, 2.05) is 0 Å². The molecule has 0 bridgehead atoms. The van der Waals surface area contributed by atoms with Gasteiger partial charge >= 0.3 is 5.97 Å². The Morgan fingerprint density at radius 3 is 2.71 bits per heavy atom. The maximum atomic E-state index is 12.4. The minimum absolute atomic E-state index is 0.0212. The number of carbonyl (C=O) groups is 1. The Morgan fingerprint density at radius 1 is 1.38 bits per heavy atom. The van der Waals surface area contributed by atoms with E-state index >= 15 is 0 Å². The van der Waals surface area contributed by atoms with Crippen molar-refractivity contribution in [2.24, 2.45) is 0 Å². The molecule has 3 heterocycles. The van der Waals surface area contributed by atoms with Crippen LogP contribution in [-0.4, -0.2) is 39.2 Å². The smallest absolute Gasteiger partial charge is 0.371 e. The maximum Gasteiger partial charge on any atom is 0.371 e. The Hall–Kier alpha value is -3.21. The lowest BCUT2D eigenvalue weighted by Crippen LogP contribution is -2.13. The van der Waals surface area contributed by atoms with Crippen LogP contribution in [0.15, 0.2) is 46.4 Å². The lowest BCUT2D eigenvalue weighted by molar-refractivity contribution is 0.0661. The molecule has 3 rings (SSSR count). The normalized spacial score (nSPS) is 11.4. The van der Waals surface area contributed by atoms with Gasteiger partial charge in [0.1, 0.15) is 23.3 Å². The highest BCUT2D eigenvalue weighted by Gasteiger charge is 2.24. The first kappa shape index (κ1) is 15.7. The van der Waals surface area contributed by atoms with Crippen molar-refractivity contribution in [3.8, 4) is 5.82 Å². The third-order valence-electron chi connectivity index (χ3n) is 3.03. The molecule has 11 heteroatoms. The molecular weight excluding hydrogens is 338 g/mol. The van der Waals surface area contributed by atoms with E-state index in [0.29, 0.717) is 5.82 Å². The largest absolute Gasteiger partial charge is 0.475 e. The second-order valence-corrected chi connectivity index (χ2v) is 6.34. The molecule has 0 saturated heterocycles. The fourth-order valence-corrected chi connectivity index (χ4v) is 3.18. The van der Waals surface area contributed by atoms with E-state index in [1.54, 1.807) is 6.07 Å². The Kier molecular flexibility index (Phi) is 3.77. The molecule has 2 N–H and O–H groups in total. The fourth-order valence-electron chi connectivity index (χ4n) is 1.96. The molecule has 0 radical (unpaired) electrons. The van der Waals surface area contributed by atoms with Crippen LogP contribution >= 0.6 is 0 Å². The summed E-state index contributed by atoms with van der Waals surface area (Å²) in [6.07, 6.45) is 4.11. The number of carboxylic acid groups (broad SMARTS) is 1. The van der Waals surface area contributed by atoms with Crippen LogP contribution in [-0.2, 0) is 10.0 Å². The van der Waals surface area contributed by atoms with Crippen molar-refractivity contribution in [2.45, 2.75) is 11.8 Å². The zero-order valence-electron chi connectivity index (χ0n) is 12.2. The number of furan rings is 1. The quantitative estimate of drug-likeness (QED) is 0.697. The Morgan fingerprint density at radius 2 is 2.17 bits per heavy atom. The summed E-state index contributed by atoms with van der Waals surface area (Å²) >= 11 is 0. The topological polar surface area (TPSA) is 140 Å². The Balaban J connectivity index is 1.86. The standard InChI is InChI=1S/C13H11N5O5S/c1-8-11(4-10(23-8)13(19)20)24(21,22)17-9-2-3-12(15-5-9)18-7-14-6-16-18/h2-7,17H,1H3,(H,19,20). The first-order chi connectivity index (χ1) is 11.4. The van der Waals surface area contributed by atoms with E-state index in [2.05, 4.69) is 19.8 Å². The Labute approximate surface area is 135 Å². The van der Waals surface area contributed by atoms with Crippen LogP contribution in [0, 0.1) is 6.92 Å². The molecule has 0 spiro atoms. The number of aryl methyl sites for hydroxylation is 1. The van der Waals surface area contributed by atoms with Crippen LogP contribution < -0.4 is 4.72 Å². The minimum atomic E-state index is -4.01. The van der Waals surface area contributed by atoms with Crippen LogP contribution in [0.5, 0.6) is 0 Å². The first-order valence-corrected chi connectivity index (χ1v) is 8.03. The van der Waals surface area contributed by atoms with E-state index in [1.165, 1.54) is 36.5 Å².